The van der Waals surface area contributed by atoms with Gasteiger partial charge in [-0.05, 0) is 40.3 Å². The topological polar surface area (TPSA) is 27.3 Å². The van der Waals surface area contributed by atoms with Crippen LogP contribution in [0.4, 0.5) is 5.69 Å². The van der Waals surface area contributed by atoms with Gasteiger partial charge in [0, 0.05) is 18.6 Å². The SMILES string of the molecule is CN(C)NC(=S)Nc1ccccc1Br. The second-order valence-electron chi connectivity index (χ2n) is 2.94. The number of benzene rings is 1. The van der Waals surface area contributed by atoms with Crippen LogP contribution in [-0.4, -0.2) is 24.2 Å². The summed E-state index contributed by atoms with van der Waals surface area (Å²) in [5.74, 6) is 0. The summed E-state index contributed by atoms with van der Waals surface area (Å²) in [5.41, 5.74) is 3.90. The van der Waals surface area contributed by atoms with Crippen molar-refractivity contribution in [1.29, 1.82) is 0 Å². The lowest BCUT2D eigenvalue weighted by Crippen LogP contribution is -2.39. The normalized spacial score (nSPS) is 10.0. The first-order chi connectivity index (χ1) is 6.59. The molecule has 0 aromatic heterocycles. The Labute approximate surface area is 97.6 Å². The maximum Gasteiger partial charge on any atom is 0.185 e. The van der Waals surface area contributed by atoms with E-state index in [4.69, 9.17) is 12.2 Å². The molecule has 5 heteroatoms. The van der Waals surface area contributed by atoms with Crippen LogP contribution in [0.5, 0.6) is 0 Å². The molecule has 0 radical (unpaired) electrons. The molecule has 1 aromatic rings. The lowest BCUT2D eigenvalue weighted by atomic mass is 10.3. The third kappa shape index (κ3) is 3.61. The maximum absolute atomic E-state index is 5.09. The third-order valence-corrected chi connectivity index (χ3v) is 2.33. The van der Waals surface area contributed by atoms with E-state index in [1.807, 2.05) is 38.4 Å². The van der Waals surface area contributed by atoms with Gasteiger partial charge in [0.15, 0.2) is 5.11 Å². The third-order valence-electron chi connectivity index (χ3n) is 1.45. The number of rotatable bonds is 2. The zero-order valence-corrected chi connectivity index (χ0v) is 10.4. The second kappa shape index (κ2) is 5.29. The van der Waals surface area contributed by atoms with Crippen molar-refractivity contribution < 1.29 is 0 Å². The van der Waals surface area contributed by atoms with Crippen molar-refractivity contribution in [2.75, 3.05) is 19.4 Å². The van der Waals surface area contributed by atoms with Gasteiger partial charge in [-0.3, -0.25) is 5.43 Å². The fraction of sp³-hybridized carbons (Fsp3) is 0.222. The minimum absolute atomic E-state index is 0.571. The Morgan fingerprint density at radius 1 is 1.36 bits per heavy atom. The molecule has 0 fully saturated rings. The number of hydrazine groups is 1. The summed E-state index contributed by atoms with van der Waals surface area (Å²) in [7, 11) is 3.77. The van der Waals surface area contributed by atoms with Gasteiger partial charge in [-0.2, -0.15) is 0 Å². The minimum Gasteiger partial charge on any atom is -0.331 e. The van der Waals surface area contributed by atoms with E-state index in [9.17, 15) is 0 Å². The highest BCUT2D eigenvalue weighted by atomic mass is 79.9. The van der Waals surface area contributed by atoms with E-state index in [1.165, 1.54) is 0 Å². The highest BCUT2D eigenvalue weighted by molar-refractivity contribution is 9.10. The van der Waals surface area contributed by atoms with Crippen molar-refractivity contribution in [3.8, 4) is 0 Å². The van der Waals surface area contributed by atoms with Crippen LogP contribution >= 0.6 is 28.1 Å². The van der Waals surface area contributed by atoms with Crippen molar-refractivity contribution in [2.24, 2.45) is 0 Å². The highest BCUT2D eigenvalue weighted by Crippen LogP contribution is 2.20. The molecule has 1 aromatic carbocycles. The smallest absolute Gasteiger partial charge is 0.185 e. The fourth-order valence-corrected chi connectivity index (χ4v) is 1.59. The fourth-order valence-electron chi connectivity index (χ4n) is 0.916. The molecule has 0 aliphatic heterocycles. The van der Waals surface area contributed by atoms with Gasteiger partial charge in [0.1, 0.15) is 0 Å². The summed E-state index contributed by atoms with van der Waals surface area (Å²) in [5, 5.41) is 5.43. The average Bonchev–Trinajstić information content (AvgIpc) is 2.07. The molecule has 0 heterocycles. The number of para-hydroxylation sites is 1. The molecule has 0 aliphatic rings. The number of thiocarbonyl (C=S) groups is 1. The Morgan fingerprint density at radius 2 is 2.00 bits per heavy atom. The van der Waals surface area contributed by atoms with E-state index in [0.717, 1.165) is 10.2 Å². The van der Waals surface area contributed by atoms with Crippen molar-refractivity contribution in [2.45, 2.75) is 0 Å². The number of hydrogen-bond acceptors (Lipinski definition) is 2. The lowest BCUT2D eigenvalue weighted by molar-refractivity contribution is 0.365. The molecule has 0 bridgehead atoms. The predicted molar refractivity (Wildman–Crippen MR) is 67.2 cm³/mol. The average molecular weight is 274 g/mol. The van der Waals surface area contributed by atoms with Crippen LogP contribution in [0.2, 0.25) is 0 Å². The molecular weight excluding hydrogens is 262 g/mol. The van der Waals surface area contributed by atoms with Crippen molar-refractivity contribution in [1.82, 2.24) is 10.4 Å². The second-order valence-corrected chi connectivity index (χ2v) is 4.20. The molecule has 0 spiro atoms. The largest absolute Gasteiger partial charge is 0.331 e. The first-order valence-electron chi connectivity index (χ1n) is 4.09. The Balaban J connectivity index is 2.61. The Bertz CT molecular complexity index is 328. The molecule has 0 atom stereocenters. The summed E-state index contributed by atoms with van der Waals surface area (Å²) < 4.78 is 0.989. The first kappa shape index (κ1) is 11.4. The minimum atomic E-state index is 0.571. The molecule has 0 unspecified atom stereocenters. The van der Waals surface area contributed by atoms with Crippen LogP contribution in [0, 0.1) is 0 Å². The van der Waals surface area contributed by atoms with E-state index in [-0.39, 0.29) is 0 Å². The number of halogens is 1. The molecule has 1 rings (SSSR count). The molecule has 76 valence electrons. The summed E-state index contributed by atoms with van der Waals surface area (Å²) >= 11 is 8.51. The molecular formula is C9H12BrN3S. The Morgan fingerprint density at radius 3 is 2.57 bits per heavy atom. The maximum atomic E-state index is 5.09. The molecule has 2 N–H and O–H groups in total. The van der Waals surface area contributed by atoms with Crippen LogP contribution in [0.1, 0.15) is 0 Å². The quantitative estimate of drug-likeness (QED) is 0.638. The molecule has 14 heavy (non-hydrogen) atoms. The van der Waals surface area contributed by atoms with Gasteiger partial charge < -0.3 is 5.32 Å². The summed E-state index contributed by atoms with van der Waals surface area (Å²) in [6.45, 7) is 0. The number of hydrogen-bond donors (Lipinski definition) is 2. The lowest BCUT2D eigenvalue weighted by Gasteiger charge is -2.16. The zero-order chi connectivity index (χ0) is 10.6. The van der Waals surface area contributed by atoms with Gasteiger partial charge in [-0.25, -0.2) is 5.01 Å². The zero-order valence-electron chi connectivity index (χ0n) is 8.04. The van der Waals surface area contributed by atoms with Crippen LogP contribution in [0.15, 0.2) is 28.7 Å². The van der Waals surface area contributed by atoms with E-state index >= 15 is 0 Å². The van der Waals surface area contributed by atoms with Gasteiger partial charge in [0.05, 0.1) is 5.69 Å². The molecule has 0 aliphatic carbocycles. The Hall–Kier alpha value is -0.650. The molecule has 3 nitrogen and oxygen atoms in total. The first-order valence-corrected chi connectivity index (χ1v) is 5.29. The Kier molecular flexibility index (Phi) is 4.31. The van der Waals surface area contributed by atoms with Crippen molar-refractivity contribution in [3.63, 3.8) is 0 Å². The van der Waals surface area contributed by atoms with Crippen molar-refractivity contribution in [3.05, 3.63) is 28.7 Å². The molecule has 0 saturated heterocycles. The van der Waals surface area contributed by atoms with Gasteiger partial charge >= 0.3 is 0 Å². The van der Waals surface area contributed by atoms with E-state index in [1.54, 1.807) is 5.01 Å². The standard InChI is InChI=1S/C9H12BrN3S/c1-13(2)12-9(14)11-8-6-4-3-5-7(8)10/h3-6H,1-2H3,(H2,11,12,14). The van der Waals surface area contributed by atoms with Gasteiger partial charge in [0.25, 0.3) is 0 Å². The summed E-state index contributed by atoms with van der Waals surface area (Å²) in [6, 6.07) is 7.82. The van der Waals surface area contributed by atoms with Gasteiger partial charge in [-0.1, -0.05) is 12.1 Å². The van der Waals surface area contributed by atoms with Crippen LogP contribution in [-0.2, 0) is 0 Å². The van der Waals surface area contributed by atoms with Crippen LogP contribution < -0.4 is 10.7 Å². The van der Waals surface area contributed by atoms with Crippen LogP contribution in [0.25, 0.3) is 0 Å². The van der Waals surface area contributed by atoms with Crippen LogP contribution in [0.3, 0.4) is 0 Å². The number of nitrogens with one attached hydrogen (secondary N) is 2. The molecule has 0 saturated carbocycles. The summed E-state index contributed by atoms with van der Waals surface area (Å²) in [6.07, 6.45) is 0. The summed E-state index contributed by atoms with van der Waals surface area (Å²) in [4.78, 5) is 0. The number of anilines is 1. The number of nitrogens with zero attached hydrogens (tertiary/aromatic N) is 1. The highest BCUT2D eigenvalue weighted by Gasteiger charge is 2.00. The predicted octanol–water partition coefficient (Wildman–Crippen LogP) is 2.21. The monoisotopic (exact) mass is 273 g/mol. The van der Waals surface area contributed by atoms with Gasteiger partial charge in [-0.15, -0.1) is 0 Å². The van der Waals surface area contributed by atoms with Gasteiger partial charge in [0.2, 0.25) is 0 Å². The molecule has 0 amide bonds. The van der Waals surface area contributed by atoms with E-state index < -0.39 is 0 Å². The van der Waals surface area contributed by atoms with E-state index in [0.29, 0.717) is 5.11 Å². The van der Waals surface area contributed by atoms with E-state index in [2.05, 4.69) is 26.7 Å². The van der Waals surface area contributed by atoms with Crippen molar-refractivity contribution >= 4 is 38.9 Å².